The highest BCUT2D eigenvalue weighted by Crippen LogP contribution is 2.28. The number of rotatable bonds is 12. The first-order valence-corrected chi connectivity index (χ1v) is 16.4. The first-order valence-electron chi connectivity index (χ1n) is 14.6. The van der Waals surface area contributed by atoms with Crippen LogP contribution in [0.1, 0.15) is 31.9 Å². The molecule has 0 aliphatic heterocycles. The first kappa shape index (κ1) is 34.5. The number of methoxy groups -OCH3 is 1. The summed E-state index contributed by atoms with van der Waals surface area (Å²) in [5.41, 5.74) is 0.473. The molecule has 0 spiro atoms. The maximum absolute atomic E-state index is 15.0. The Morgan fingerprint density at radius 2 is 1.50 bits per heavy atom. The van der Waals surface area contributed by atoms with E-state index in [2.05, 4.69) is 5.32 Å². The van der Waals surface area contributed by atoms with Crippen LogP contribution in [0.5, 0.6) is 5.75 Å². The molecule has 0 unspecified atom stereocenters. The highest BCUT2D eigenvalue weighted by molar-refractivity contribution is 7.92. The summed E-state index contributed by atoms with van der Waals surface area (Å²) in [5.74, 6) is -1.27. The van der Waals surface area contributed by atoms with Crippen LogP contribution in [-0.4, -0.2) is 50.4 Å². The summed E-state index contributed by atoms with van der Waals surface area (Å²) in [6.45, 7) is 4.49. The number of carbonyl (C=O) groups excluding carboxylic acids is 2. The summed E-state index contributed by atoms with van der Waals surface area (Å²) in [6.07, 6.45) is 0.106. The summed E-state index contributed by atoms with van der Waals surface area (Å²) < 4.78 is 49.4. The zero-order valence-electron chi connectivity index (χ0n) is 26.1. The zero-order valence-corrected chi connectivity index (χ0v) is 27.7. The molecule has 11 heteroatoms. The molecule has 2 amide bonds. The Morgan fingerprint density at radius 1 is 0.891 bits per heavy atom. The number of hydrogen-bond acceptors (Lipinski definition) is 5. The Morgan fingerprint density at radius 3 is 2.09 bits per heavy atom. The first-order chi connectivity index (χ1) is 21.8. The summed E-state index contributed by atoms with van der Waals surface area (Å²) >= 11 is 6.11. The topological polar surface area (TPSA) is 96.0 Å². The molecule has 242 valence electrons. The third-order valence-corrected chi connectivity index (χ3v) is 9.15. The molecule has 0 fully saturated rings. The maximum atomic E-state index is 15.0. The fourth-order valence-electron chi connectivity index (χ4n) is 4.83. The van der Waals surface area contributed by atoms with Gasteiger partial charge in [0.1, 0.15) is 24.2 Å². The summed E-state index contributed by atoms with van der Waals surface area (Å²) in [5, 5.41) is 3.32. The van der Waals surface area contributed by atoms with Crippen LogP contribution < -0.4 is 14.4 Å². The zero-order chi connectivity index (χ0) is 33.5. The molecule has 0 heterocycles. The molecule has 0 aromatic heterocycles. The molecule has 1 atom stereocenters. The predicted molar refractivity (Wildman–Crippen MR) is 178 cm³/mol. The highest BCUT2D eigenvalue weighted by atomic mass is 35.5. The predicted octanol–water partition coefficient (Wildman–Crippen LogP) is 6.24. The second-order valence-electron chi connectivity index (χ2n) is 11.7. The van der Waals surface area contributed by atoms with E-state index in [0.29, 0.717) is 10.8 Å². The van der Waals surface area contributed by atoms with Crippen LogP contribution in [-0.2, 0) is 32.6 Å². The van der Waals surface area contributed by atoms with Crippen LogP contribution >= 0.6 is 11.6 Å². The van der Waals surface area contributed by atoms with Gasteiger partial charge in [-0.2, -0.15) is 0 Å². The number of hydrogen-bond donors (Lipinski definition) is 1. The van der Waals surface area contributed by atoms with Crippen molar-refractivity contribution in [3.63, 3.8) is 0 Å². The number of benzene rings is 4. The maximum Gasteiger partial charge on any atom is 0.264 e. The lowest BCUT2D eigenvalue weighted by Gasteiger charge is -2.35. The van der Waals surface area contributed by atoms with E-state index in [0.717, 1.165) is 9.87 Å². The van der Waals surface area contributed by atoms with Crippen molar-refractivity contribution in [2.45, 2.75) is 50.2 Å². The third kappa shape index (κ3) is 8.86. The van der Waals surface area contributed by atoms with Gasteiger partial charge in [-0.15, -0.1) is 0 Å². The molecule has 8 nitrogen and oxygen atoms in total. The van der Waals surface area contributed by atoms with Crippen LogP contribution in [0.15, 0.2) is 108 Å². The smallest absolute Gasteiger partial charge is 0.264 e. The number of anilines is 1. The van der Waals surface area contributed by atoms with Crippen LogP contribution in [0.25, 0.3) is 0 Å². The number of halogens is 2. The van der Waals surface area contributed by atoms with Crippen molar-refractivity contribution >= 4 is 39.1 Å². The van der Waals surface area contributed by atoms with Crippen molar-refractivity contribution in [1.29, 1.82) is 0 Å². The van der Waals surface area contributed by atoms with Crippen molar-refractivity contribution < 1.29 is 27.1 Å². The molecule has 4 aromatic carbocycles. The summed E-state index contributed by atoms with van der Waals surface area (Å²) in [7, 11) is -2.86. The van der Waals surface area contributed by atoms with Gasteiger partial charge in [-0.25, -0.2) is 12.8 Å². The lowest BCUT2D eigenvalue weighted by molar-refractivity contribution is -0.140. The third-order valence-electron chi connectivity index (χ3n) is 7.11. The minimum absolute atomic E-state index is 0.0805. The monoisotopic (exact) mass is 665 g/mol. The number of amides is 2. The Balaban J connectivity index is 1.82. The van der Waals surface area contributed by atoms with E-state index in [1.54, 1.807) is 6.07 Å². The van der Waals surface area contributed by atoms with Crippen LogP contribution in [0.4, 0.5) is 10.1 Å². The van der Waals surface area contributed by atoms with Crippen molar-refractivity contribution in [2.75, 3.05) is 18.0 Å². The van der Waals surface area contributed by atoms with E-state index in [4.69, 9.17) is 16.3 Å². The number of nitrogens with zero attached hydrogens (tertiary/aromatic N) is 2. The lowest BCUT2D eigenvalue weighted by atomic mass is 10.0. The molecule has 0 saturated carbocycles. The molecule has 0 bridgehead atoms. The second-order valence-corrected chi connectivity index (χ2v) is 14.0. The Kier molecular flexibility index (Phi) is 11.1. The van der Waals surface area contributed by atoms with Gasteiger partial charge in [0.05, 0.1) is 17.7 Å². The van der Waals surface area contributed by atoms with Crippen LogP contribution in [0.3, 0.4) is 0 Å². The fraction of sp³-hybridized carbons (Fsp3) is 0.257. The van der Waals surface area contributed by atoms with Crippen molar-refractivity contribution in [2.24, 2.45) is 0 Å². The highest BCUT2D eigenvalue weighted by Gasteiger charge is 2.36. The molecule has 0 aliphatic rings. The van der Waals surface area contributed by atoms with Gasteiger partial charge in [0.15, 0.2) is 0 Å². The molecule has 4 rings (SSSR count). The summed E-state index contributed by atoms with van der Waals surface area (Å²) in [6, 6.07) is 25.8. The van der Waals surface area contributed by atoms with E-state index in [1.807, 2.05) is 51.1 Å². The Hall–Kier alpha value is -4.41. The molecule has 0 saturated heterocycles. The van der Waals surface area contributed by atoms with E-state index >= 15 is 4.39 Å². The minimum Gasteiger partial charge on any atom is -0.497 e. The van der Waals surface area contributed by atoms with Crippen LogP contribution in [0.2, 0.25) is 5.02 Å². The van der Waals surface area contributed by atoms with Crippen LogP contribution in [0, 0.1) is 5.82 Å². The quantitative estimate of drug-likeness (QED) is 0.193. The summed E-state index contributed by atoms with van der Waals surface area (Å²) in [4.78, 5) is 29.5. The number of nitrogens with one attached hydrogen (secondary N) is 1. The molecule has 0 radical (unpaired) electrons. The molecular formula is C35H37ClFN3O5S. The average Bonchev–Trinajstić information content (AvgIpc) is 3.02. The Labute approximate surface area is 274 Å². The van der Waals surface area contributed by atoms with E-state index in [9.17, 15) is 18.0 Å². The van der Waals surface area contributed by atoms with E-state index in [-0.39, 0.29) is 29.1 Å². The molecule has 4 aromatic rings. The van der Waals surface area contributed by atoms with E-state index in [1.165, 1.54) is 78.7 Å². The standard InChI is InChI=1S/C35H37ClFN3O5S/c1-35(2,3)38-34(42)32(22-25-10-6-5-7-11-25)39(23-26-12-8-9-13-31(26)37)33(41)24-40(28-16-14-27(36)15-17-28)46(43,44)30-20-18-29(45-4)19-21-30/h5-21,32H,22-24H2,1-4H3,(H,38,42)/t32-/m1/s1. The molecule has 1 N–H and O–H groups in total. The van der Waals surface area contributed by atoms with Crippen molar-refractivity contribution in [3.05, 3.63) is 125 Å². The SMILES string of the molecule is COc1ccc(S(=O)(=O)N(CC(=O)N(Cc2ccccc2F)[C@H](Cc2ccccc2)C(=O)NC(C)(C)C)c2ccc(Cl)cc2)cc1. The number of carbonyl (C=O) groups is 2. The van der Waals surface area contributed by atoms with Gasteiger partial charge in [-0.3, -0.25) is 13.9 Å². The average molecular weight is 666 g/mol. The van der Waals surface area contributed by atoms with Gasteiger partial charge in [0.2, 0.25) is 11.8 Å². The van der Waals surface area contributed by atoms with E-state index < -0.39 is 45.8 Å². The van der Waals surface area contributed by atoms with Crippen molar-refractivity contribution in [1.82, 2.24) is 10.2 Å². The minimum atomic E-state index is -4.32. The normalized spacial score (nSPS) is 12.2. The van der Waals surface area contributed by atoms with Gasteiger partial charge in [0, 0.05) is 29.1 Å². The van der Waals surface area contributed by atoms with Gasteiger partial charge >= 0.3 is 0 Å². The van der Waals surface area contributed by atoms with Crippen molar-refractivity contribution in [3.8, 4) is 5.75 Å². The molecule has 46 heavy (non-hydrogen) atoms. The lowest BCUT2D eigenvalue weighted by Crippen LogP contribution is -2.56. The molecule has 0 aliphatic carbocycles. The number of sulfonamides is 1. The largest absolute Gasteiger partial charge is 0.497 e. The second kappa shape index (κ2) is 14.8. The molecular weight excluding hydrogens is 629 g/mol. The van der Waals surface area contributed by atoms with Gasteiger partial charge in [0.25, 0.3) is 10.0 Å². The van der Waals surface area contributed by atoms with Gasteiger partial charge < -0.3 is 15.0 Å². The van der Waals surface area contributed by atoms with Gasteiger partial charge in [-0.1, -0.05) is 60.1 Å². The van der Waals surface area contributed by atoms with Gasteiger partial charge in [-0.05, 0) is 80.9 Å². The fourth-order valence-corrected chi connectivity index (χ4v) is 6.37. The number of ether oxygens (including phenoxy) is 1. The Bertz CT molecular complexity index is 1750.